The van der Waals surface area contributed by atoms with Gasteiger partial charge in [0.15, 0.2) is 0 Å². The van der Waals surface area contributed by atoms with Crippen LogP contribution in [0.15, 0.2) is 53.1 Å². The Hall–Kier alpha value is -2.70. The molecule has 0 aliphatic carbocycles. The van der Waals surface area contributed by atoms with Crippen LogP contribution in [0.5, 0.6) is 0 Å². The van der Waals surface area contributed by atoms with Gasteiger partial charge in [-0.25, -0.2) is 0 Å². The number of para-hydroxylation sites is 1. The van der Waals surface area contributed by atoms with Crippen LogP contribution in [-0.4, -0.2) is 46.1 Å². The summed E-state index contributed by atoms with van der Waals surface area (Å²) < 4.78 is 5.68. The molecule has 2 atom stereocenters. The number of rotatable bonds is 4. The van der Waals surface area contributed by atoms with Gasteiger partial charge in [-0.1, -0.05) is 18.2 Å². The van der Waals surface area contributed by atoms with Gasteiger partial charge in [0.05, 0.1) is 23.4 Å². The molecular formula is C21H23N3O3. The highest BCUT2D eigenvalue weighted by Gasteiger charge is 2.29. The molecule has 1 fully saturated rings. The molecule has 27 heavy (non-hydrogen) atoms. The van der Waals surface area contributed by atoms with E-state index in [-0.39, 0.29) is 11.9 Å². The Morgan fingerprint density at radius 1 is 1.33 bits per heavy atom. The summed E-state index contributed by atoms with van der Waals surface area (Å²) in [6, 6.07) is 13.0. The smallest absolute Gasteiger partial charge is 0.255 e. The normalized spacial score (nSPS) is 20.7. The predicted molar refractivity (Wildman–Crippen MR) is 102 cm³/mol. The number of aliphatic hydroxyl groups is 1. The van der Waals surface area contributed by atoms with Gasteiger partial charge >= 0.3 is 0 Å². The first-order valence-electron chi connectivity index (χ1n) is 9.20. The minimum Gasteiger partial charge on any atom is -0.461 e. The number of aliphatic hydroxyl groups excluding tert-OH is 1. The predicted octanol–water partition coefficient (Wildman–Crippen LogP) is 2.50. The summed E-state index contributed by atoms with van der Waals surface area (Å²) in [5.41, 5.74) is 2.07. The third kappa shape index (κ3) is 3.86. The van der Waals surface area contributed by atoms with Crippen LogP contribution in [0.2, 0.25) is 0 Å². The molecule has 6 nitrogen and oxygen atoms in total. The van der Waals surface area contributed by atoms with Gasteiger partial charge in [-0.2, -0.15) is 0 Å². The van der Waals surface area contributed by atoms with E-state index < -0.39 is 6.10 Å². The largest absolute Gasteiger partial charge is 0.461 e. The van der Waals surface area contributed by atoms with E-state index in [1.165, 1.54) is 0 Å². The average Bonchev–Trinajstić information content (AvgIpc) is 3.05. The number of carbonyl (C=O) groups excluding carboxylic acids is 1. The maximum atomic E-state index is 12.7. The molecular weight excluding hydrogens is 342 g/mol. The lowest BCUT2D eigenvalue weighted by Gasteiger charge is -2.36. The van der Waals surface area contributed by atoms with E-state index in [0.717, 1.165) is 23.4 Å². The van der Waals surface area contributed by atoms with E-state index in [2.05, 4.69) is 15.2 Å². The molecule has 1 aliphatic rings. The summed E-state index contributed by atoms with van der Waals surface area (Å²) in [6.45, 7) is 3.86. The van der Waals surface area contributed by atoms with Crippen molar-refractivity contribution in [2.45, 2.75) is 32.0 Å². The van der Waals surface area contributed by atoms with E-state index in [9.17, 15) is 9.90 Å². The first-order chi connectivity index (χ1) is 13.1. The molecule has 1 saturated heterocycles. The maximum absolute atomic E-state index is 12.7. The second kappa shape index (κ2) is 7.50. The number of amides is 1. The van der Waals surface area contributed by atoms with Gasteiger partial charge in [-0.3, -0.25) is 14.7 Å². The van der Waals surface area contributed by atoms with Crippen molar-refractivity contribution in [3.63, 3.8) is 0 Å². The minimum absolute atomic E-state index is 0.211. The van der Waals surface area contributed by atoms with Crippen molar-refractivity contribution in [3.05, 3.63) is 65.7 Å². The monoisotopic (exact) mass is 365 g/mol. The number of aryl methyl sites for hydroxylation is 1. The summed E-state index contributed by atoms with van der Waals surface area (Å²) in [4.78, 5) is 19.2. The van der Waals surface area contributed by atoms with Gasteiger partial charge in [0.1, 0.15) is 11.3 Å². The molecule has 3 heterocycles. The van der Waals surface area contributed by atoms with Crippen LogP contribution in [0, 0.1) is 6.92 Å². The van der Waals surface area contributed by atoms with Crippen LogP contribution >= 0.6 is 0 Å². The molecule has 0 radical (unpaired) electrons. The van der Waals surface area contributed by atoms with E-state index in [0.29, 0.717) is 30.7 Å². The number of fused-ring (bicyclic) bond motifs is 1. The fourth-order valence-corrected chi connectivity index (χ4v) is 3.65. The number of aromatic nitrogens is 1. The third-order valence-corrected chi connectivity index (χ3v) is 5.01. The number of hydrogen-bond acceptors (Lipinski definition) is 5. The Morgan fingerprint density at radius 2 is 2.22 bits per heavy atom. The Morgan fingerprint density at radius 3 is 3.00 bits per heavy atom. The van der Waals surface area contributed by atoms with Crippen molar-refractivity contribution >= 4 is 16.9 Å². The van der Waals surface area contributed by atoms with Crippen molar-refractivity contribution in [3.8, 4) is 0 Å². The highest BCUT2D eigenvalue weighted by molar-refractivity contribution is 6.05. The third-order valence-electron chi connectivity index (χ3n) is 5.01. The number of furan rings is 1. The number of pyridine rings is 1. The summed E-state index contributed by atoms with van der Waals surface area (Å²) in [6.07, 6.45) is 1.84. The highest BCUT2D eigenvalue weighted by Crippen LogP contribution is 2.23. The molecule has 1 aromatic carbocycles. The molecule has 1 aliphatic heterocycles. The second-order valence-electron chi connectivity index (χ2n) is 7.07. The van der Waals surface area contributed by atoms with Crippen LogP contribution in [0.25, 0.3) is 11.0 Å². The number of benzene rings is 1. The molecule has 6 heteroatoms. The maximum Gasteiger partial charge on any atom is 0.255 e. The lowest BCUT2D eigenvalue weighted by Crippen LogP contribution is -2.53. The Bertz CT molecular complexity index is 938. The molecule has 140 valence electrons. The zero-order chi connectivity index (χ0) is 18.8. The Balaban J connectivity index is 1.40. The number of likely N-dealkylation sites (tertiary alicyclic amines) is 1. The topological polar surface area (TPSA) is 78.6 Å². The summed E-state index contributed by atoms with van der Waals surface area (Å²) in [5.74, 6) is 0.560. The zero-order valence-electron chi connectivity index (χ0n) is 15.3. The Kier molecular flexibility index (Phi) is 4.92. The number of nitrogens with zero attached hydrogens (tertiary/aromatic N) is 2. The summed E-state index contributed by atoms with van der Waals surface area (Å²) in [7, 11) is 0. The SMILES string of the molecule is Cc1cc2cccc(C(=O)N[C@@H]3CCN(Cc4ccccn4)C[C@H]3O)c2o1. The molecule has 3 aromatic rings. The van der Waals surface area contributed by atoms with E-state index >= 15 is 0 Å². The Labute approximate surface area is 157 Å². The van der Waals surface area contributed by atoms with E-state index in [4.69, 9.17) is 4.42 Å². The van der Waals surface area contributed by atoms with Crippen molar-refractivity contribution in [2.24, 2.45) is 0 Å². The molecule has 2 aromatic heterocycles. The fraction of sp³-hybridized carbons (Fsp3) is 0.333. The van der Waals surface area contributed by atoms with Crippen LogP contribution in [0.3, 0.4) is 0 Å². The molecule has 0 unspecified atom stereocenters. The average molecular weight is 365 g/mol. The minimum atomic E-state index is -0.621. The molecule has 0 bridgehead atoms. The van der Waals surface area contributed by atoms with E-state index in [1.54, 1.807) is 12.3 Å². The molecule has 2 N–H and O–H groups in total. The first kappa shape index (κ1) is 17.7. The van der Waals surface area contributed by atoms with Gasteiger partial charge in [0, 0.05) is 31.2 Å². The highest BCUT2D eigenvalue weighted by atomic mass is 16.3. The lowest BCUT2D eigenvalue weighted by atomic mass is 10.0. The van der Waals surface area contributed by atoms with Gasteiger partial charge in [0.25, 0.3) is 5.91 Å². The standard InChI is InChI=1S/C21H23N3O3/c1-14-11-15-5-4-7-17(20(15)27-14)21(26)23-18-8-10-24(13-19(18)25)12-16-6-2-3-9-22-16/h2-7,9,11,18-19,25H,8,10,12-13H2,1H3,(H,23,26)/t18-,19-/m1/s1. The van der Waals surface area contributed by atoms with Crippen LogP contribution < -0.4 is 5.32 Å². The van der Waals surface area contributed by atoms with Crippen molar-refractivity contribution in [1.82, 2.24) is 15.2 Å². The quantitative estimate of drug-likeness (QED) is 0.743. The summed E-state index contributed by atoms with van der Waals surface area (Å²) >= 11 is 0. The van der Waals surface area contributed by atoms with Gasteiger partial charge < -0.3 is 14.8 Å². The molecule has 0 saturated carbocycles. The van der Waals surface area contributed by atoms with E-state index in [1.807, 2.05) is 43.3 Å². The molecule has 0 spiro atoms. The first-order valence-corrected chi connectivity index (χ1v) is 9.20. The molecule has 1 amide bonds. The van der Waals surface area contributed by atoms with Crippen LogP contribution in [0.4, 0.5) is 0 Å². The van der Waals surface area contributed by atoms with Crippen molar-refractivity contribution in [2.75, 3.05) is 13.1 Å². The number of piperidine rings is 1. The number of carbonyl (C=O) groups is 1. The summed E-state index contributed by atoms with van der Waals surface area (Å²) in [5, 5.41) is 14.4. The zero-order valence-corrected chi connectivity index (χ0v) is 15.3. The second-order valence-corrected chi connectivity index (χ2v) is 7.07. The number of β-amino-alcohol motifs (C(OH)–C–C–N with tert-alkyl or cyclic N) is 1. The van der Waals surface area contributed by atoms with Gasteiger partial charge in [0.2, 0.25) is 0 Å². The number of nitrogens with one attached hydrogen (secondary N) is 1. The van der Waals surface area contributed by atoms with Crippen LogP contribution in [0.1, 0.15) is 28.2 Å². The fourth-order valence-electron chi connectivity index (χ4n) is 3.65. The number of hydrogen-bond donors (Lipinski definition) is 2. The van der Waals surface area contributed by atoms with Gasteiger partial charge in [-0.05, 0) is 37.6 Å². The lowest BCUT2D eigenvalue weighted by molar-refractivity contribution is 0.0345. The molecule has 4 rings (SSSR count). The van der Waals surface area contributed by atoms with Gasteiger partial charge in [-0.15, -0.1) is 0 Å². The van der Waals surface area contributed by atoms with Crippen molar-refractivity contribution < 1.29 is 14.3 Å². The van der Waals surface area contributed by atoms with Crippen LogP contribution in [-0.2, 0) is 6.54 Å². The van der Waals surface area contributed by atoms with Crippen molar-refractivity contribution in [1.29, 1.82) is 0 Å².